The topological polar surface area (TPSA) is 25.5 Å². The predicted octanol–water partition coefficient (Wildman–Crippen LogP) is 23.7. The van der Waals surface area contributed by atoms with Crippen LogP contribution in [-0.4, -0.2) is 14.0 Å². The predicted molar refractivity (Wildman–Crippen MR) is 405 cm³/mol. The van der Waals surface area contributed by atoms with Crippen molar-refractivity contribution in [3.05, 3.63) is 394 Å². The minimum atomic E-state index is -0.148. The van der Waals surface area contributed by atoms with Gasteiger partial charge in [-0.15, -0.1) is 0 Å². The summed E-state index contributed by atoms with van der Waals surface area (Å²) in [7, 11) is 0. The third-order valence-corrected chi connectivity index (χ3v) is 22.3. The van der Waals surface area contributed by atoms with E-state index in [4.69, 9.17) is 4.98 Å². The van der Waals surface area contributed by atoms with Gasteiger partial charge in [0.25, 0.3) is 0 Å². The second-order valence-electron chi connectivity index (χ2n) is 27.6. The van der Waals surface area contributed by atoms with E-state index in [0.717, 1.165) is 50.3 Å². The number of benzene rings is 14. The van der Waals surface area contributed by atoms with Gasteiger partial charge in [0.2, 0.25) is 5.78 Å². The van der Waals surface area contributed by atoms with Crippen LogP contribution >= 0.6 is 0 Å². The highest BCUT2D eigenvalue weighted by molar-refractivity contribution is 6.15. The van der Waals surface area contributed by atoms with Crippen molar-refractivity contribution in [2.45, 2.75) is 31.1 Å². The molecule has 14 aromatic carbocycles. The molecule has 458 valence electrons. The number of hydrogen-bond acceptors (Lipinski definition) is 2. The molecule has 21 rings (SSSR count). The first kappa shape index (κ1) is 55.0. The van der Waals surface area contributed by atoms with Gasteiger partial charge in [0, 0.05) is 28.6 Å². The highest BCUT2D eigenvalue weighted by Gasteiger charge is 2.41. The molecule has 4 heteroatoms. The largest absolute Gasteiger partial charge is 0.310 e. The van der Waals surface area contributed by atoms with Crippen molar-refractivity contribution < 1.29 is 0 Å². The van der Waals surface area contributed by atoms with Crippen LogP contribution in [0.3, 0.4) is 0 Å². The summed E-state index contributed by atoms with van der Waals surface area (Å²) < 4.78 is 4.72. The molecule has 0 radical (unpaired) electrons. The Morgan fingerprint density at radius 2 is 0.684 bits per heavy atom. The molecule has 98 heavy (non-hydrogen) atoms. The first-order valence-electron chi connectivity index (χ1n) is 34.3. The van der Waals surface area contributed by atoms with Gasteiger partial charge in [-0.25, -0.2) is 4.98 Å². The van der Waals surface area contributed by atoms with E-state index in [-0.39, 0.29) is 17.3 Å². The zero-order chi connectivity index (χ0) is 64.5. The Hall–Kier alpha value is -12.4. The van der Waals surface area contributed by atoms with Crippen molar-refractivity contribution in [2.75, 3.05) is 4.90 Å². The molecule has 2 aromatic heterocycles. The van der Waals surface area contributed by atoms with Crippen molar-refractivity contribution in [1.82, 2.24) is 14.0 Å². The van der Waals surface area contributed by atoms with Gasteiger partial charge >= 0.3 is 0 Å². The number of hydrogen-bond donors (Lipinski definition) is 0. The fourth-order valence-corrected chi connectivity index (χ4v) is 18.0. The van der Waals surface area contributed by atoms with Gasteiger partial charge in [-0.1, -0.05) is 275 Å². The lowest BCUT2D eigenvalue weighted by molar-refractivity contribution is 0.632. The molecule has 1 aliphatic heterocycles. The van der Waals surface area contributed by atoms with E-state index < -0.39 is 0 Å². The average Bonchev–Trinajstić information content (AvgIpc) is 0.850. The molecule has 0 amide bonds. The molecule has 4 aliphatic carbocycles. The number of rotatable bonds is 7. The van der Waals surface area contributed by atoms with Gasteiger partial charge < -0.3 is 4.90 Å². The summed E-state index contributed by atoms with van der Waals surface area (Å²) in [6.07, 6.45) is 0. The Bertz CT molecular complexity index is 5970. The Balaban J connectivity index is 0.702. The SMILES string of the molecule is CC1(C)c2ccccc2N(c2ccc(/C(=C3\c4ccccc4-c4cc(-c5ccc6nc7n(-c8ccc(C(=C9c%10ccccc%10-c%10ccccc%109)C9c%10ccccc%10-c%10ccccc%109)cc8)c8ccccc8n7c6c5)ccc43)C3c4ccccc4-c4ccccc43)cc2)c2ccccc21. The molecular formula is C94H62N4. The molecule has 0 atom stereocenters. The van der Waals surface area contributed by atoms with Crippen LogP contribution in [0.1, 0.15) is 92.4 Å². The lowest BCUT2D eigenvalue weighted by Gasteiger charge is -2.42. The first-order chi connectivity index (χ1) is 48.4. The maximum Gasteiger partial charge on any atom is 0.220 e. The molecule has 0 fully saturated rings. The van der Waals surface area contributed by atoms with Gasteiger partial charge in [0.05, 0.1) is 33.4 Å². The van der Waals surface area contributed by atoms with E-state index in [1.807, 2.05) is 0 Å². The molecule has 0 bridgehead atoms. The fourth-order valence-electron chi connectivity index (χ4n) is 18.0. The summed E-state index contributed by atoms with van der Waals surface area (Å²) in [5, 5.41) is 0. The number of fused-ring (bicyclic) bond motifs is 19. The third-order valence-electron chi connectivity index (χ3n) is 22.3. The van der Waals surface area contributed by atoms with Crippen LogP contribution in [0.4, 0.5) is 17.1 Å². The third kappa shape index (κ3) is 7.74. The van der Waals surface area contributed by atoms with Gasteiger partial charge in [-0.2, -0.15) is 0 Å². The molecule has 0 saturated carbocycles. The van der Waals surface area contributed by atoms with Crippen molar-refractivity contribution in [3.63, 3.8) is 0 Å². The molecular weight excluding hydrogens is 1190 g/mol. The van der Waals surface area contributed by atoms with Crippen LogP contribution in [-0.2, 0) is 5.41 Å². The zero-order valence-corrected chi connectivity index (χ0v) is 54.1. The molecule has 3 heterocycles. The summed E-state index contributed by atoms with van der Waals surface area (Å²) in [6, 6.07) is 123. The number of imidazole rings is 2. The van der Waals surface area contributed by atoms with Crippen molar-refractivity contribution in [1.29, 1.82) is 0 Å². The molecule has 4 nitrogen and oxygen atoms in total. The minimum absolute atomic E-state index is 0.0118. The maximum absolute atomic E-state index is 5.53. The highest BCUT2D eigenvalue weighted by atomic mass is 15.2. The lowest BCUT2D eigenvalue weighted by Crippen LogP contribution is -2.30. The Labute approximate surface area is 569 Å². The Morgan fingerprint density at radius 1 is 0.306 bits per heavy atom. The lowest BCUT2D eigenvalue weighted by atomic mass is 9.73. The second kappa shape index (κ2) is 20.8. The van der Waals surface area contributed by atoms with Crippen LogP contribution < -0.4 is 4.90 Å². The monoisotopic (exact) mass is 1250 g/mol. The Kier molecular flexibility index (Phi) is 11.7. The number of anilines is 3. The molecule has 0 spiro atoms. The number of aromatic nitrogens is 3. The molecule has 0 N–H and O–H groups in total. The molecule has 16 aromatic rings. The number of allylic oxidation sites excluding steroid dienone is 2. The molecule has 5 aliphatic rings. The normalized spacial score (nSPS) is 14.7. The summed E-state index contributed by atoms with van der Waals surface area (Å²) in [5.41, 5.74) is 42.0. The van der Waals surface area contributed by atoms with Crippen LogP contribution in [0.15, 0.2) is 328 Å². The first-order valence-corrected chi connectivity index (χ1v) is 34.3. The average molecular weight is 1250 g/mol. The highest BCUT2D eigenvalue weighted by Crippen LogP contribution is 2.60. The summed E-state index contributed by atoms with van der Waals surface area (Å²) in [6.45, 7) is 4.71. The quantitative estimate of drug-likeness (QED) is 0.159. The van der Waals surface area contributed by atoms with Crippen molar-refractivity contribution >= 4 is 67.2 Å². The second-order valence-corrected chi connectivity index (χ2v) is 27.6. The Morgan fingerprint density at radius 3 is 1.18 bits per heavy atom. The van der Waals surface area contributed by atoms with E-state index >= 15 is 0 Å². The van der Waals surface area contributed by atoms with E-state index in [9.17, 15) is 0 Å². The zero-order valence-electron chi connectivity index (χ0n) is 54.1. The van der Waals surface area contributed by atoms with Crippen LogP contribution in [0, 0.1) is 0 Å². The van der Waals surface area contributed by atoms with Gasteiger partial charge in [-0.3, -0.25) is 8.97 Å². The smallest absolute Gasteiger partial charge is 0.220 e. The summed E-state index contributed by atoms with van der Waals surface area (Å²) >= 11 is 0. The maximum atomic E-state index is 5.53. The van der Waals surface area contributed by atoms with Crippen LogP contribution in [0.2, 0.25) is 0 Å². The van der Waals surface area contributed by atoms with E-state index in [1.165, 1.54) is 145 Å². The van der Waals surface area contributed by atoms with Crippen LogP contribution in [0.5, 0.6) is 0 Å². The van der Waals surface area contributed by atoms with Gasteiger partial charge in [-0.05, 0) is 211 Å². The van der Waals surface area contributed by atoms with E-state index in [2.05, 4.69) is 355 Å². The summed E-state index contributed by atoms with van der Waals surface area (Å²) in [5.74, 6) is 0.894. The van der Waals surface area contributed by atoms with Crippen molar-refractivity contribution in [3.8, 4) is 61.3 Å². The van der Waals surface area contributed by atoms with Crippen LogP contribution in [0.25, 0.3) is 111 Å². The number of para-hydroxylation sites is 4. The number of nitrogens with zero attached hydrogens (tertiary/aromatic N) is 4. The summed E-state index contributed by atoms with van der Waals surface area (Å²) in [4.78, 5) is 8.00. The van der Waals surface area contributed by atoms with Gasteiger partial charge in [0.1, 0.15) is 0 Å². The minimum Gasteiger partial charge on any atom is -0.310 e. The van der Waals surface area contributed by atoms with E-state index in [1.54, 1.807) is 0 Å². The molecule has 0 saturated heterocycles. The standard InChI is InChI=1S/C94H62N4/c1-94(2)79-37-17-19-39-82(79)96(83-40-20-18-38-80(83)94)61-49-43-57(44-50-61)88(91-74-34-14-7-27-67(74)68-28-8-15-35-75(68)91)92-76-36-16-9-29-69(76)78-55-59(47-53-77(78)92)60-48-54-81-86(56-60)98-85-42-22-21-41-84(85)97(93(98)95-81)62-51-45-58(46-52-62)87(89-70-30-10-3-23-63(70)64-24-4-11-31-71(64)89)90-72-32-12-5-25-65(72)66-26-6-13-33-73(66)90/h3-56,89,91H,1-2H3/b92-88-. The fraction of sp³-hybridized carbons (Fsp3) is 0.0532. The van der Waals surface area contributed by atoms with E-state index in [0.29, 0.717) is 0 Å². The van der Waals surface area contributed by atoms with Gasteiger partial charge in [0.15, 0.2) is 0 Å². The van der Waals surface area contributed by atoms with Crippen molar-refractivity contribution in [2.24, 2.45) is 0 Å². The molecule has 0 unspecified atom stereocenters.